The highest BCUT2D eigenvalue weighted by molar-refractivity contribution is 5.93. The number of anilines is 1. The van der Waals surface area contributed by atoms with Crippen molar-refractivity contribution < 1.29 is 22.7 Å². The number of hydrogen-bond acceptors (Lipinski definition) is 5. The Morgan fingerprint density at radius 1 is 1.09 bits per heavy atom. The molecule has 1 fully saturated rings. The third kappa shape index (κ3) is 7.06. The molecular weight excluding hydrogens is 437 g/mol. The average molecular weight is 467 g/mol. The summed E-state index contributed by atoms with van der Waals surface area (Å²) in [6.45, 7) is 4.82. The van der Waals surface area contributed by atoms with Crippen LogP contribution < -0.4 is 15.8 Å². The second-order valence-corrected chi connectivity index (χ2v) is 7.93. The molecule has 0 unspecified atom stereocenters. The molecular formula is C23H29F3N4O3. The highest BCUT2D eigenvalue weighted by Gasteiger charge is 2.31. The van der Waals surface area contributed by atoms with Crippen molar-refractivity contribution in [3.05, 3.63) is 64.1 Å². The standard InChI is InChI=1S/C23H29F3N4O3/c1-33-15-14-30-17-18(6-7-21(30)31)22(32)27-8-3-9-28-10-12-29(13-11-28)20-5-2-4-19(16-20)23(24,25)26/h2,4-7,16-17H,3,8-15H2,1H3,(H,27,32). The third-order valence-electron chi connectivity index (χ3n) is 5.63. The Balaban J connectivity index is 1.40. The van der Waals surface area contributed by atoms with Crippen molar-refractivity contribution in [2.24, 2.45) is 0 Å². The first-order chi connectivity index (χ1) is 15.8. The molecule has 1 aliphatic heterocycles. The van der Waals surface area contributed by atoms with Gasteiger partial charge in [0.05, 0.1) is 17.7 Å². The smallest absolute Gasteiger partial charge is 0.383 e. The summed E-state index contributed by atoms with van der Waals surface area (Å²) < 4.78 is 45.3. The fourth-order valence-electron chi connectivity index (χ4n) is 3.75. The minimum Gasteiger partial charge on any atom is -0.383 e. The van der Waals surface area contributed by atoms with Crippen LogP contribution in [0, 0.1) is 0 Å². The molecule has 0 atom stereocenters. The molecule has 0 aliphatic carbocycles. The number of carbonyl (C=O) groups is 1. The first kappa shape index (κ1) is 24.8. The molecule has 3 rings (SSSR count). The van der Waals surface area contributed by atoms with Crippen LogP contribution in [0.3, 0.4) is 0 Å². The van der Waals surface area contributed by atoms with Crippen LogP contribution in [0.5, 0.6) is 0 Å². The fraction of sp³-hybridized carbons (Fsp3) is 0.478. The van der Waals surface area contributed by atoms with E-state index in [2.05, 4.69) is 10.2 Å². The van der Waals surface area contributed by atoms with Crippen LogP contribution in [0.4, 0.5) is 18.9 Å². The Labute approximate surface area is 190 Å². The van der Waals surface area contributed by atoms with Crippen molar-refractivity contribution in [2.75, 3.05) is 57.9 Å². The minimum absolute atomic E-state index is 0.187. The van der Waals surface area contributed by atoms with Gasteiger partial charge >= 0.3 is 6.18 Å². The molecule has 1 N–H and O–H groups in total. The first-order valence-corrected chi connectivity index (χ1v) is 10.9. The number of halogens is 3. The van der Waals surface area contributed by atoms with E-state index >= 15 is 0 Å². The Bertz CT molecular complexity index is 985. The Morgan fingerprint density at radius 3 is 2.55 bits per heavy atom. The Kier molecular flexibility index (Phi) is 8.51. The van der Waals surface area contributed by atoms with E-state index in [-0.39, 0.29) is 11.5 Å². The number of ether oxygens (including phenoxy) is 1. The number of piperazine rings is 1. The lowest BCUT2D eigenvalue weighted by atomic mass is 10.1. The van der Waals surface area contributed by atoms with Gasteiger partial charge in [0.15, 0.2) is 0 Å². The second kappa shape index (κ2) is 11.3. The van der Waals surface area contributed by atoms with E-state index in [1.807, 2.05) is 4.90 Å². The van der Waals surface area contributed by atoms with Crippen molar-refractivity contribution in [1.29, 1.82) is 0 Å². The SMILES string of the molecule is COCCn1cc(C(=O)NCCCN2CCN(c3cccc(C(F)(F)F)c3)CC2)ccc1=O. The van der Waals surface area contributed by atoms with E-state index in [0.717, 1.165) is 32.1 Å². The normalized spacial score (nSPS) is 15.0. The summed E-state index contributed by atoms with van der Waals surface area (Å²) in [5, 5.41) is 2.87. The number of nitrogens with one attached hydrogen (secondary N) is 1. The van der Waals surface area contributed by atoms with Gasteiger partial charge in [-0.05, 0) is 37.2 Å². The van der Waals surface area contributed by atoms with Crippen LogP contribution >= 0.6 is 0 Å². The number of hydrogen-bond donors (Lipinski definition) is 1. The van der Waals surface area contributed by atoms with Gasteiger partial charge in [0, 0.05) is 64.3 Å². The van der Waals surface area contributed by atoms with Gasteiger partial charge in [-0.25, -0.2) is 0 Å². The number of benzene rings is 1. The molecule has 0 saturated carbocycles. The maximum absolute atomic E-state index is 12.9. The molecule has 1 saturated heterocycles. The zero-order valence-corrected chi connectivity index (χ0v) is 18.6. The van der Waals surface area contributed by atoms with E-state index in [1.54, 1.807) is 13.2 Å². The zero-order chi connectivity index (χ0) is 23.8. The highest BCUT2D eigenvalue weighted by atomic mass is 19.4. The molecule has 33 heavy (non-hydrogen) atoms. The maximum atomic E-state index is 12.9. The number of rotatable bonds is 9. The molecule has 1 aromatic carbocycles. The van der Waals surface area contributed by atoms with Crippen molar-refractivity contribution >= 4 is 11.6 Å². The van der Waals surface area contributed by atoms with Gasteiger partial charge in [-0.3, -0.25) is 14.5 Å². The summed E-state index contributed by atoms with van der Waals surface area (Å²) in [6.07, 6.45) is -2.06. The number of alkyl halides is 3. The number of pyridine rings is 1. The summed E-state index contributed by atoms with van der Waals surface area (Å²) in [4.78, 5) is 28.4. The second-order valence-electron chi connectivity index (χ2n) is 7.93. The fourth-order valence-corrected chi connectivity index (χ4v) is 3.75. The lowest BCUT2D eigenvalue weighted by Crippen LogP contribution is -2.47. The van der Waals surface area contributed by atoms with Crippen molar-refractivity contribution in [3.8, 4) is 0 Å². The van der Waals surface area contributed by atoms with Crippen LogP contribution in [-0.4, -0.2) is 68.4 Å². The van der Waals surface area contributed by atoms with Crippen LogP contribution in [0.15, 0.2) is 47.4 Å². The van der Waals surface area contributed by atoms with E-state index in [9.17, 15) is 22.8 Å². The molecule has 7 nitrogen and oxygen atoms in total. The molecule has 0 bridgehead atoms. The molecule has 1 aromatic heterocycles. The summed E-state index contributed by atoms with van der Waals surface area (Å²) in [5.41, 5.74) is 0.184. The Hall–Kier alpha value is -2.85. The molecule has 2 aromatic rings. The molecule has 1 aliphatic rings. The van der Waals surface area contributed by atoms with Crippen LogP contribution in [-0.2, 0) is 17.5 Å². The summed E-state index contributed by atoms with van der Waals surface area (Å²) in [6, 6.07) is 8.31. The lowest BCUT2D eigenvalue weighted by molar-refractivity contribution is -0.137. The van der Waals surface area contributed by atoms with Gasteiger partial charge in [0.2, 0.25) is 0 Å². The molecule has 1 amide bonds. The highest BCUT2D eigenvalue weighted by Crippen LogP contribution is 2.31. The molecule has 0 radical (unpaired) electrons. The van der Waals surface area contributed by atoms with Gasteiger partial charge in [0.25, 0.3) is 11.5 Å². The van der Waals surface area contributed by atoms with Gasteiger partial charge in [-0.1, -0.05) is 6.07 Å². The lowest BCUT2D eigenvalue weighted by Gasteiger charge is -2.36. The third-order valence-corrected chi connectivity index (χ3v) is 5.63. The van der Waals surface area contributed by atoms with E-state index in [4.69, 9.17) is 4.74 Å². The van der Waals surface area contributed by atoms with Gasteiger partial charge in [-0.15, -0.1) is 0 Å². The van der Waals surface area contributed by atoms with Crippen molar-refractivity contribution in [2.45, 2.75) is 19.1 Å². The van der Waals surface area contributed by atoms with Crippen LogP contribution in [0.25, 0.3) is 0 Å². The number of aromatic nitrogens is 1. The van der Waals surface area contributed by atoms with Gasteiger partial charge < -0.3 is 19.5 Å². The minimum atomic E-state index is -4.34. The van der Waals surface area contributed by atoms with Crippen molar-refractivity contribution in [1.82, 2.24) is 14.8 Å². The number of amides is 1. The van der Waals surface area contributed by atoms with E-state index in [0.29, 0.717) is 44.0 Å². The van der Waals surface area contributed by atoms with Gasteiger partial charge in [-0.2, -0.15) is 13.2 Å². The zero-order valence-electron chi connectivity index (χ0n) is 18.6. The van der Waals surface area contributed by atoms with Crippen LogP contribution in [0.2, 0.25) is 0 Å². The molecule has 0 spiro atoms. The summed E-state index contributed by atoms with van der Waals surface area (Å²) >= 11 is 0. The number of carbonyl (C=O) groups excluding carboxylic acids is 1. The molecule has 180 valence electrons. The van der Waals surface area contributed by atoms with Crippen molar-refractivity contribution in [3.63, 3.8) is 0 Å². The van der Waals surface area contributed by atoms with E-state index in [1.165, 1.54) is 35.0 Å². The predicted molar refractivity (Wildman–Crippen MR) is 120 cm³/mol. The monoisotopic (exact) mass is 466 g/mol. The first-order valence-electron chi connectivity index (χ1n) is 10.9. The largest absolute Gasteiger partial charge is 0.416 e. The van der Waals surface area contributed by atoms with E-state index < -0.39 is 11.7 Å². The van der Waals surface area contributed by atoms with Crippen LogP contribution in [0.1, 0.15) is 22.3 Å². The summed E-state index contributed by atoms with van der Waals surface area (Å²) in [7, 11) is 1.55. The van der Waals surface area contributed by atoms with Gasteiger partial charge in [0.1, 0.15) is 0 Å². The number of nitrogens with zero attached hydrogens (tertiary/aromatic N) is 3. The maximum Gasteiger partial charge on any atom is 0.416 e. The number of methoxy groups -OCH3 is 1. The quantitative estimate of drug-likeness (QED) is 0.576. The average Bonchev–Trinajstić information content (AvgIpc) is 2.81. The molecule has 10 heteroatoms. The molecule has 2 heterocycles. The summed E-state index contributed by atoms with van der Waals surface area (Å²) in [5.74, 6) is -0.240. The predicted octanol–water partition coefficient (Wildman–Crippen LogP) is 2.46. The topological polar surface area (TPSA) is 66.8 Å². The Morgan fingerprint density at radius 2 is 1.85 bits per heavy atom.